The van der Waals surface area contributed by atoms with Crippen molar-refractivity contribution in [1.82, 2.24) is 15.2 Å². The van der Waals surface area contributed by atoms with Crippen molar-refractivity contribution in [3.8, 4) is 0 Å². The smallest absolute Gasteiger partial charge is 0.347 e. The van der Waals surface area contributed by atoms with Crippen molar-refractivity contribution in [2.45, 2.75) is 63.7 Å². The Bertz CT molecular complexity index is 1680. The van der Waals surface area contributed by atoms with Crippen LogP contribution in [0.15, 0.2) is 82.5 Å². The highest BCUT2D eigenvalue weighted by Gasteiger charge is 2.54. The van der Waals surface area contributed by atoms with Gasteiger partial charge in [-0.25, -0.2) is 9.78 Å². The van der Waals surface area contributed by atoms with Crippen LogP contribution < -0.4 is 11.1 Å². The molecule has 2 aliphatic rings. The van der Waals surface area contributed by atoms with E-state index < -0.39 is 41.6 Å². The number of fused-ring (bicyclic) bond motifs is 1. The molecule has 3 N–H and O–H groups in total. The number of aromatic nitrogens is 1. The van der Waals surface area contributed by atoms with Gasteiger partial charge in [0.1, 0.15) is 28.8 Å². The van der Waals surface area contributed by atoms with Crippen LogP contribution in [-0.2, 0) is 28.7 Å². The molecule has 0 aliphatic carbocycles. The number of anilines is 1. The van der Waals surface area contributed by atoms with Gasteiger partial charge in [-0.3, -0.25) is 14.5 Å². The minimum Gasteiger partial charge on any atom is -0.469 e. The first-order valence-corrected chi connectivity index (χ1v) is 17.7. The maximum Gasteiger partial charge on any atom is 0.347 e. The van der Waals surface area contributed by atoms with Crippen molar-refractivity contribution in [3.05, 3.63) is 94.1 Å². The lowest BCUT2D eigenvalue weighted by molar-refractivity contribution is -0.160. The monoisotopic (exact) mass is 707 g/mol. The first-order chi connectivity index (χ1) is 23.0. The molecule has 2 amide bonds. The summed E-state index contributed by atoms with van der Waals surface area (Å²) < 4.78 is 11.8. The van der Waals surface area contributed by atoms with Crippen molar-refractivity contribution in [2.75, 3.05) is 18.1 Å². The first kappa shape index (κ1) is 35.0. The number of rotatable bonds is 12. The van der Waals surface area contributed by atoms with E-state index in [4.69, 9.17) is 32.3 Å². The van der Waals surface area contributed by atoms with Gasteiger partial charge in [0.15, 0.2) is 10.8 Å². The Kier molecular flexibility index (Phi) is 11.2. The third-order valence-corrected chi connectivity index (χ3v) is 9.55. The summed E-state index contributed by atoms with van der Waals surface area (Å²) in [4.78, 5) is 50.5. The van der Waals surface area contributed by atoms with Crippen LogP contribution in [0, 0.1) is 0 Å². The van der Waals surface area contributed by atoms with E-state index >= 15 is 0 Å². The fourth-order valence-corrected chi connectivity index (χ4v) is 7.52. The number of ether oxygens (including phenoxy) is 2. The van der Waals surface area contributed by atoms with Crippen LogP contribution in [0.1, 0.15) is 63.5 Å². The van der Waals surface area contributed by atoms with E-state index in [1.807, 2.05) is 60.7 Å². The molecule has 1 aromatic heterocycles. The van der Waals surface area contributed by atoms with Gasteiger partial charge in [-0.05, 0) is 56.1 Å². The number of esters is 1. The second-order valence-electron chi connectivity index (χ2n) is 12.0. The summed E-state index contributed by atoms with van der Waals surface area (Å²) in [6, 6.07) is 18.7. The van der Waals surface area contributed by atoms with Gasteiger partial charge >= 0.3 is 5.97 Å². The number of nitrogen functional groups attached to an aromatic ring is 1. The lowest BCUT2D eigenvalue weighted by Crippen LogP contribution is -2.71. The topological polar surface area (TPSA) is 145 Å². The molecule has 0 spiro atoms. The average molecular weight is 708 g/mol. The average Bonchev–Trinajstić information content (AvgIpc) is 3.49. The van der Waals surface area contributed by atoms with E-state index in [-0.39, 0.29) is 27.5 Å². The molecule has 1 fully saturated rings. The summed E-state index contributed by atoms with van der Waals surface area (Å²) in [6.07, 6.45) is 1.10. The molecule has 14 heteroatoms. The van der Waals surface area contributed by atoms with Crippen LogP contribution >= 0.6 is 35.3 Å². The second-order valence-corrected chi connectivity index (χ2v) is 14.4. The number of amides is 2. The molecule has 3 aromatic rings. The Hall–Kier alpha value is -4.27. The number of thiazole rings is 1. The third kappa shape index (κ3) is 8.23. The van der Waals surface area contributed by atoms with Crippen LogP contribution in [0.25, 0.3) is 0 Å². The number of hydrogen-bond acceptors (Lipinski definition) is 12. The maximum absolute atomic E-state index is 13.8. The standard InChI is InChI=1S/C34H37N5O6S3/c1-5-12-22-18-47-31-26(37-29(41)25(23-19-48-33(35)36-23)38-43-17-24(40)45-34(2,3)4)30(42)39(31)27(22)32(46)44-28(20-13-8-6-9-14-20)21-15-10-7-11-16-21/h6-11,13-16,19,26,28,31H,5,12,17-18H2,1-4H3,(H2,35,36)(H,37,41)/t26?,31-/m1/s1. The molecule has 1 saturated heterocycles. The normalized spacial score (nSPS) is 17.8. The third-order valence-electron chi connectivity index (χ3n) is 7.25. The number of β-lactam (4-membered cyclic amide) rings is 1. The molecule has 2 aromatic carbocycles. The largest absolute Gasteiger partial charge is 0.469 e. The van der Waals surface area contributed by atoms with Crippen LogP contribution in [0.5, 0.6) is 0 Å². The fourth-order valence-electron chi connectivity index (χ4n) is 5.24. The van der Waals surface area contributed by atoms with E-state index in [2.05, 4.69) is 22.4 Å². The van der Waals surface area contributed by atoms with Gasteiger partial charge in [0, 0.05) is 11.1 Å². The molecule has 48 heavy (non-hydrogen) atoms. The summed E-state index contributed by atoms with van der Waals surface area (Å²) in [6.45, 7) is 6.72. The number of carbonyl (C=O) groups excluding carboxylic acids is 3. The lowest BCUT2D eigenvalue weighted by atomic mass is 9.99. The summed E-state index contributed by atoms with van der Waals surface area (Å²) in [5.41, 5.74) is 8.45. The molecule has 0 radical (unpaired) electrons. The van der Waals surface area contributed by atoms with Crippen molar-refractivity contribution < 1.29 is 28.7 Å². The van der Waals surface area contributed by atoms with E-state index in [0.29, 0.717) is 11.4 Å². The van der Waals surface area contributed by atoms with Crippen LogP contribution in [0.3, 0.4) is 0 Å². The van der Waals surface area contributed by atoms with Gasteiger partial charge in [-0.2, -0.15) is 0 Å². The number of nitrogens with zero attached hydrogens (tertiary/aromatic N) is 3. The van der Waals surface area contributed by atoms with Crippen molar-refractivity contribution in [2.24, 2.45) is 5.16 Å². The Morgan fingerprint density at radius 3 is 2.33 bits per heavy atom. The number of oxime groups is 1. The summed E-state index contributed by atoms with van der Waals surface area (Å²) in [5.74, 6) is -1.09. The van der Waals surface area contributed by atoms with Crippen LogP contribution in [0.2, 0.25) is 0 Å². The Balaban J connectivity index is 1.35. The zero-order valence-corrected chi connectivity index (χ0v) is 29.5. The van der Waals surface area contributed by atoms with E-state index in [9.17, 15) is 14.4 Å². The molecule has 2 aliphatic heterocycles. The minimum atomic E-state index is -0.880. The molecule has 11 nitrogen and oxygen atoms in total. The van der Waals surface area contributed by atoms with E-state index in [0.717, 1.165) is 40.9 Å². The molecule has 2 atom stereocenters. The van der Waals surface area contributed by atoms with Gasteiger partial charge in [0.05, 0.1) is 5.70 Å². The summed E-state index contributed by atoms with van der Waals surface area (Å²) in [5, 5.41) is 8.22. The predicted molar refractivity (Wildman–Crippen MR) is 190 cm³/mol. The number of thiocarbonyl (C=S) groups is 1. The fraction of sp³-hybridized carbons (Fsp3) is 0.353. The van der Waals surface area contributed by atoms with Gasteiger partial charge in [0.2, 0.25) is 11.7 Å². The van der Waals surface area contributed by atoms with Crippen LogP contribution in [0.4, 0.5) is 5.13 Å². The molecule has 5 rings (SSSR count). The number of carbonyl (C=O) groups is 3. The zero-order chi connectivity index (χ0) is 34.4. The molecule has 3 heterocycles. The predicted octanol–water partition coefficient (Wildman–Crippen LogP) is 5.38. The molecule has 0 bridgehead atoms. The van der Waals surface area contributed by atoms with Gasteiger partial charge in [0.25, 0.3) is 11.8 Å². The van der Waals surface area contributed by atoms with Gasteiger partial charge in [-0.15, -0.1) is 23.1 Å². The highest BCUT2D eigenvalue weighted by Crippen LogP contribution is 2.43. The Morgan fingerprint density at radius 1 is 1.12 bits per heavy atom. The van der Waals surface area contributed by atoms with Crippen LogP contribution in [-0.4, -0.2) is 67.8 Å². The first-order valence-electron chi connectivity index (χ1n) is 15.4. The van der Waals surface area contributed by atoms with Gasteiger partial charge < -0.3 is 25.4 Å². The number of nitrogens with one attached hydrogen (secondary N) is 1. The van der Waals surface area contributed by atoms with E-state index in [1.54, 1.807) is 31.1 Å². The second kappa shape index (κ2) is 15.3. The van der Waals surface area contributed by atoms with Crippen molar-refractivity contribution in [3.63, 3.8) is 0 Å². The molecule has 0 saturated carbocycles. The van der Waals surface area contributed by atoms with Gasteiger partial charge in [-0.1, -0.05) is 79.2 Å². The number of thioether (sulfide) groups is 1. The SMILES string of the molecule is CCCC1=C(C(=S)OC(c2ccccc2)c2ccccc2)N2C(=O)C(NC(=O)C(=NOCC(=O)OC(C)(C)C)c3csc(N)n3)[C@H]2SC1. The summed E-state index contributed by atoms with van der Waals surface area (Å²) in [7, 11) is 0. The molecular formula is C34H37N5O6S3. The highest BCUT2D eigenvalue weighted by atomic mass is 32.2. The molecule has 1 unspecified atom stereocenters. The minimum absolute atomic E-state index is 0.146. The maximum atomic E-state index is 13.8. The number of nitrogens with two attached hydrogens (primary N) is 1. The number of benzene rings is 2. The lowest BCUT2D eigenvalue weighted by Gasteiger charge is -2.50. The Labute approximate surface area is 292 Å². The number of hydrogen-bond donors (Lipinski definition) is 2. The summed E-state index contributed by atoms with van der Waals surface area (Å²) >= 11 is 8.58. The Morgan fingerprint density at radius 2 is 1.77 bits per heavy atom. The van der Waals surface area contributed by atoms with E-state index in [1.165, 1.54) is 11.8 Å². The highest BCUT2D eigenvalue weighted by molar-refractivity contribution is 8.00. The van der Waals surface area contributed by atoms with Crippen molar-refractivity contribution >= 4 is 69.0 Å². The molecule has 252 valence electrons. The molecular weight excluding hydrogens is 671 g/mol. The quantitative estimate of drug-likeness (QED) is 0.0828. The zero-order valence-electron chi connectivity index (χ0n) is 27.0. The van der Waals surface area contributed by atoms with Crippen molar-refractivity contribution in [1.29, 1.82) is 0 Å².